The van der Waals surface area contributed by atoms with Crippen LogP contribution in [0.1, 0.15) is 28.5 Å². The molecule has 3 heterocycles. The molecule has 4 aromatic rings. The van der Waals surface area contributed by atoms with Crippen molar-refractivity contribution in [3.8, 4) is 0 Å². The van der Waals surface area contributed by atoms with E-state index in [-0.39, 0.29) is 18.4 Å². The van der Waals surface area contributed by atoms with Gasteiger partial charge in [0.15, 0.2) is 5.65 Å². The summed E-state index contributed by atoms with van der Waals surface area (Å²) in [6, 6.07) is 7.15. The SMILES string of the molecule is CCN(Cc1ccc(C(F)(F)F)cn1)C(=O)c1ccc2nc(N)n3cnnc3c2c1. The lowest BCUT2D eigenvalue weighted by Crippen LogP contribution is -2.30. The van der Waals surface area contributed by atoms with Gasteiger partial charge in [0, 0.05) is 23.7 Å². The first kappa shape index (κ1) is 19.6. The normalized spacial score (nSPS) is 11.9. The van der Waals surface area contributed by atoms with Crippen LogP contribution < -0.4 is 5.73 Å². The van der Waals surface area contributed by atoms with E-state index in [2.05, 4.69) is 20.2 Å². The summed E-state index contributed by atoms with van der Waals surface area (Å²) >= 11 is 0. The summed E-state index contributed by atoms with van der Waals surface area (Å²) in [5.41, 5.74) is 6.82. The highest BCUT2D eigenvalue weighted by Gasteiger charge is 2.30. The maximum absolute atomic E-state index is 13.0. The highest BCUT2D eigenvalue weighted by molar-refractivity contribution is 6.01. The fourth-order valence-electron chi connectivity index (χ4n) is 3.10. The standard InChI is InChI=1S/C19H16F3N7O/c1-2-28(9-13-5-4-12(8-24-13)19(20,21)22)17(30)11-3-6-15-14(7-11)16-27-25-10-29(16)18(23)26-15/h3-8,10H,2,9H2,1H3,(H2,23,26). The maximum Gasteiger partial charge on any atom is 0.417 e. The Kier molecular flexibility index (Phi) is 4.72. The number of carbonyl (C=O) groups is 1. The van der Waals surface area contributed by atoms with Gasteiger partial charge in [-0.2, -0.15) is 13.2 Å². The Balaban J connectivity index is 1.63. The Labute approximate surface area is 168 Å². The predicted molar refractivity (Wildman–Crippen MR) is 102 cm³/mol. The number of fused-ring (bicyclic) bond motifs is 3. The number of hydrogen-bond acceptors (Lipinski definition) is 6. The highest BCUT2D eigenvalue weighted by Crippen LogP contribution is 2.28. The number of benzene rings is 1. The number of nitrogens with two attached hydrogens (primary N) is 1. The van der Waals surface area contributed by atoms with Crippen molar-refractivity contribution < 1.29 is 18.0 Å². The van der Waals surface area contributed by atoms with Crippen LogP contribution in [0.25, 0.3) is 16.6 Å². The zero-order valence-electron chi connectivity index (χ0n) is 15.8. The first-order valence-electron chi connectivity index (χ1n) is 8.98. The van der Waals surface area contributed by atoms with Gasteiger partial charge in [0.05, 0.1) is 23.3 Å². The molecule has 1 amide bonds. The first-order chi connectivity index (χ1) is 14.3. The summed E-state index contributed by atoms with van der Waals surface area (Å²) < 4.78 is 39.6. The molecule has 30 heavy (non-hydrogen) atoms. The van der Waals surface area contributed by atoms with Crippen molar-refractivity contribution in [3.05, 3.63) is 59.7 Å². The van der Waals surface area contributed by atoms with Crippen LogP contribution in [0.3, 0.4) is 0 Å². The van der Waals surface area contributed by atoms with Gasteiger partial charge in [0.1, 0.15) is 6.33 Å². The molecule has 0 atom stereocenters. The van der Waals surface area contributed by atoms with Gasteiger partial charge in [-0.3, -0.25) is 14.2 Å². The van der Waals surface area contributed by atoms with E-state index in [1.807, 2.05) is 0 Å². The number of aromatic nitrogens is 5. The number of anilines is 1. The van der Waals surface area contributed by atoms with Crippen molar-refractivity contribution in [2.45, 2.75) is 19.6 Å². The number of nitrogen functional groups attached to an aromatic ring is 1. The van der Waals surface area contributed by atoms with E-state index in [9.17, 15) is 18.0 Å². The molecule has 0 aliphatic heterocycles. The fraction of sp³-hybridized carbons (Fsp3) is 0.211. The second-order valence-corrected chi connectivity index (χ2v) is 6.58. The van der Waals surface area contributed by atoms with Crippen LogP contribution in [-0.2, 0) is 12.7 Å². The number of amides is 1. The van der Waals surface area contributed by atoms with Crippen LogP contribution in [0.15, 0.2) is 42.9 Å². The smallest absolute Gasteiger partial charge is 0.369 e. The summed E-state index contributed by atoms with van der Waals surface area (Å²) in [5.74, 6) is -0.0688. The molecule has 11 heteroatoms. The number of pyridine rings is 1. The van der Waals surface area contributed by atoms with Gasteiger partial charge in [-0.15, -0.1) is 10.2 Å². The molecule has 0 saturated heterocycles. The number of nitrogens with zero attached hydrogens (tertiary/aromatic N) is 6. The van der Waals surface area contributed by atoms with E-state index in [1.54, 1.807) is 25.1 Å². The Morgan fingerprint density at radius 3 is 2.70 bits per heavy atom. The summed E-state index contributed by atoms with van der Waals surface area (Å²) in [5, 5.41) is 8.47. The van der Waals surface area contributed by atoms with Crippen molar-refractivity contribution in [1.29, 1.82) is 0 Å². The van der Waals surface area contributed by atoms with E-state index < -0.39 is 11.7 Å². The van der Waals surface area contributed by atoms with Gasteiger partial charge in [-0.1, -0.05) is 0 Å². The molecule has 0 aliphatic carbocycles. The van der Waals surface area contributed by atoms with Gasteiger partial charge >= 0.3 is 6.18 Å². The zero-order valence-corrected chi connectivity index (χ0v) is 15.8. The summed E-state index contributed by atoms with van der Waals surface area (Å²) in [6.45, 7) is 2.20. The van der Waals surface area contributed by atoms with Crippen molar-refractivity contribution in [2.24, 2.45) is 0 Å². The molecule has 4 rings (SSSR count). The third kappa shape index (κ3) is 3.49. The van der Waals surface area contributed by atoms with Gasteiger partial charge in [0.25, 0.3) is 5.91 Å². The molecule has 0 unspecified atom stereocenters. The van der Waals surface area contributed by atoms with Crippen molar-refractivity contribution in [1.82, 2.24) is 29.5 Å². The monoisotopic (exact) mass is 415 g/mol. The van der Waals surface area contributed by atoms with Gasteiger partial charge in [0.2, 0.25) is 5.95 Å². The van der Waals surface area contributed by atoms with Gasteiger partial charge in [-0.25, -0.2) is 4.98 Å². The van der Waals surface area contributed by atoms with E-state index in [4.69, 9.17) is 5.73 Å². The molecule has 0 radical (unpaired) electrons. The Morgan fingerprint density at radius 2 is 2.03 bits per heavy atom. The molecule has 2 N–H and O–H groups in total. The van der Waals surface area contributed by atoms with Crippen LogP contribution in [0, 0.1) is 0 Å². The minimum atomic E-state index is -4.46. The highest BCUT2D eigenvalue weighted by atomic mass is 19.4. The number of hydrogen-bond donors (Lipinski definition) is 1. The van der Waals surface area contributed by atoms with Crippen LogP contribution in [0.5, 0.6) is 0 Å². The molecule has 0 aliphatic rings. The molecular weight excluding hydrogens is 399 g/mol. The molecule has 154 valence electrons. The second kappa shape index (κ2) is 7.25. The summed E-state index contributed by atoms with van der Waals surface area (Å²) in [6.07, 6.45) is -2.26. The van der Waals surface area contributed by atoms with Crippen LogP contribution in [0.2, 0.25) is 0 Å². The van der Waals surface area contributed by atoms with Crippen molar-refractivity contribution in [3.63, 3.8) is 0 Å². The van der Waals surface area contributed by atoms with Crippen LogP contribution in [-0.4, -0.2) is 41.9 Å². The summed E-state index contributed by atoms with van der Waals surface area (Å²) in [4.78, 5) is 22.6. The minimum Gasteiger partial charge on any atom is -0.369 e. The van der Waals surface area contributed by atoms with Crippen molar-refractivity contribution >= 4 is 28.4 Å². The molecular formula is C19H16F3N7O. The van der Waals surface area contributed by atoms with E-state index in [0.29, 0.717) is 34.4 Å². The topological polar surface area (TPSA) is 102 Å². The molecule has 0 saturated carbocycles. The fourth-order valence-corrected chi connectivity index (χ4v) is 3.10. The van der Waals surface area contributed by atoms with Gasteiger partial charge < -0.3 is 10.6 Å². The average Bonchev–Trinajstić information content (AvgIpc) is 3.22. The largest absolute Gasteiger partial charge is 0.417 e. The van der Waals surface area contributed by atoms with Crippen LogP contribution in [0.4, 0.5) is 19.1 Å². The lowest BCUT2D eigenvalue weighted by molar-refractivity contribution is -0.137. The molecule has 0 bridgehead atoms. The third-order valence-corrected chi connectivity index (χ3v) is 4.69. The van der Waals surface area contributed by atoms with E-state index in [1.165, 1.54) is 21.7 Å². The second-order valence-electron chi connectivity index (χ2n) is 6.58. The average molecular weight is 415 g/mol. The lowest BCUT2D eigenvalue weighted by atomic mass is 10.1. The lowest BCUT2D eigenvalue weighted by Gasteiger charge is -2.21. The van der Waals surface area contributed by atoms with E-state index in [0.717, 1.165) is 12.3 Å². The molecule has 0 spiro atoms. The van der Waals surface area contributed by atoms with E-state index >= 15 is 0 Å². The molecule has 0 fully saturated rings. The van der Waals surface area contributed by atoms with Crippen molar-refractivity contribution in [2.75, 3.05) is 12.3 Å². The number of halogens is 3. The third-order valence-electron chi connectivity index (χ3n) is 4.69. The predicted octanol–water partition coefficient (Wildman–Crippen LogP) is 2.94. The first-order valence-corrected chi connectivity index (χ1v) is 8.98. The number of rotatable bonds is 4. The molecule has 1 aromatic carbocycles. The maximum atomic E-state index is 13.0. The molecule has 8 nitrogen and oxygen atoms in total. The molecule has 3 aromatic heterocycles. The Bertz CT molecular complexity index is 1230. The number of alkyl halides is 3. The minimum absolute atomic E-state index is 0.0752. The Hall–Kier alpha value is -3.76. The van der Waals surface area contributed by atoms with Gasteiger partial charge in [-0.05, 0) is 37.3 Å². The Morgan fingerprint density at radius 1 is 1.23 bits per heavy atom. The number of carbonyl (C=O) groups excluding carboxylic acids is 1. The zero-order chi connectivity index (χ0) is 21.5. The quantitative estimate of drug-likeness (QED) is 0.550. The van der Waals surface area contributed by atoms with Crippen LogP contribution >= 0.6 is 0 Å². The summed E-state index contributed by atoms with van der Waals surface area (Å²) in [7, 11) is 0.